The van der Waals surface area contributed by atoms with E-state index in [1.54, 1.807) is 6.07 Å². The minimum absolute atomic E-state index is 0.0345. The second-order valence-electron chi connectivity index (χ2n) is 11.9. The van der Waals surface area contributed by atoms with Crippen LogP contribution in [0.15, 0.2) is 35.9 Å². The van der Waals surface area contributed by atoms with Gasteiger partial charge in [-0.15, -0.1) is 0 Å². The van der Waals surface area contributed by atoms with Crippen LogP contribution in [0.25, 0.3) is 5.57 Å². The molecule has 0 bridgehead atoms. The molecule has 0 radical (unpaired) electrons. The number of carbonyl (C=O) groups excluding carboxylic acids is 1. The second-order valence-corrected chi connectivity index (χ2v) is 11.9. The first-order chi connectivity index (χ1) is 17.6. The maximum Gasteiger partial charge on any atom is 0.194 e. The average molecular weight is 499 g/mol. The molecule has 194 valence electrons. The van der Waals surface area contributed by atoms with E-state index in [9.17, 15) is 10.1 Å². The number of nitriles is 1. The molecule has 0 unspecified atom stereocenters. The van der Waals surface area contributed by atoms with E-state index in [2.05, 4.69) is 44.7 Å². The number of hydrogen-bond donors (Lipinski definition) is 0. The van der Waals surface area contributed by atoms with Crippen LogP contribution < -0.4 is 9.47 Å². The van der Waals surface area contributed by atoms with Crippen molar-refractivity contribution >= 4 is 11.4 Å². The number of carbonyl (C=O) groups is 1. The number of allylic oxidation sites excluding steroid dienone is 2. The van der Waals surface area contributed by atoms with Crippen LogP contribution in [0.2, 0.25) is 0 Å². The normalized spacial score (nSPS) is 19.1. The number of benzene rings is 2. The fourth-order valence-electron chi connectivity index (χ4n) is 6.15. The van der Waals surface area contributed by atoms with Crippen molar-refractivity contribution < 1.29 is 14.3 Å². The summed E-state index contributed by atoms with van der Waals surface area (Å²) in [6, 6.07) is 12.4. The molecule has 0 saturated carbocycles. The summed E-state index contributed by atoms with van der Waals surface area (Å²) in [4.78, 5) is 16.4. The molecule has 3 aliphatic rings. The smallest absolute Gasteiger partial charge is 0.194 e. The molecule has 5 rings (SSSR count). The van der Waals surface area contributed by atoms with Gasteiger partial charge in [0.15, 0.2) is 17.3 Å². The third-order valence-corrected chi connectivity index (χ3v) is 8.37. The third-order valence-electron chi connectivity index (χ3n) is 8.37. The van der Waals surface area contributed by atoms with Crippen LogP contribution >= 0.6 is 0 Å². The summed E-state index contributed by atoms with van der Waals surface area (Å²) in [5, 5.41) is 9.38. The highest BCUT2D eigenvalue weighted by molar-refractivity contribution is 6.33. The van der Waals surface area contributed by atoms with Crippen molar-refractivity contribution in [2.75, 3.05) is 19.7 Å². The minimum Gasteiger partial charge on any atom is -0.489 e. The Bertz CT molecular complexity index is 1300. The predicted octanol–water partition coefficient (Wildman–Crippen LogP) is 6.33. The van der Waals surface area contributed by atoms with Gasteiger partial charge in [0, 0.05) is 22.6 Å². The van der Waals surface area contributed by atoms with Crippen molar-refractivity contribution in [3.63, 3.8) is 0 Å². The van der Waals surface area contributed by atoms with Gasteiger partial charge in [0.25, 0.3) is 0 Å². The number of rotatable bonds is 6. The molecule has 5 heteroatoms. The monoisotopic (exact) mass is 498 g/mol. The van der Waals surface area contributed by atoms with Crippen LogP contribution in [0.3, 0.4) is 0 Å². The number of likely N-dealkylation sites (tertiary alicyclic amines) is 1. The number of ether oxygens (including phenoxy) is 2. The minimum atomic E-state index is -0.346. The number of ketones is 1. The van der Waals surface area contributed by atoms with E-state index in [0.29, 0.717) is 41.9 Å². The third kappa shape index (κ3) is 4.57. The Morgan fingerprint density at radius 2 is 1.78 bits per heavy atom. The summed E-state index contributed by atoms with van der Waals surface area (Å²) < 4.78 is 12.7. The lowest BCUT2D eigenvalue weighted by Gasteiger charge is -2.36. The number of piperidine rings is 1. The lowest BCUT2D eigenvalue weighted by Crippen LogP contribution is -2.39. The molecular formula is C32H38N2O3. The zero-order valence-corrected chi connectivity index (χ0v) is 23.0. The molecule has 2 aromatic rings. The lowest BCUT2D eigenvalue weighted by atomic mass is 9.68. The first-order valence-electron chi connectivity index (χ1n) is 13.6. The standard InChI is InChI=1S/C32H38N2O3/c1-19(2)34-11-9-21(10-12-34)18-36-28-16-26-25(15-29(28)37-20(3)4)31(35)30-24-8-7-22(17-33)13-23(24)14-27(30)32(26,5)6/h7-8,13,15-16,19-21H,9-12,14,18H2,1-6H3. The molecule has 0 aromatic heterocycles. The number of nitrogens with zero attached hydrogens (tertiary/aromatic N) is 2. The van der Waals surface area contributed by atoms with Crippen LogP contribution in [-0.2, 0) is 11.8 Å². The molecule has 0 N–H and O–H groups in total. The van der Waals surface area contributed by atoms with Crippen LogP contribution in [0.5, 0.6) is 11.5 Å². The van der Waals surface area contributed by atoms with Gasteiger partial charge < -0.3 is 14.4 Å². The first kappa shape index (κ1) is 25.5. The van der Waals surface area contributed by atoms with Gasteiger partial charge in [0.2, 0.25) is 0 Å². The molecule has 0 spiro atoms. The summed E-state index contributed by atoms with van der Waals surface area (Å²) in [6.45, 7) is 15.8. The van der Waals surface area contributed by atoms with Crippen LogP contribution in [0, 0.1) is 17.2 Å². The Labute approximate surface area is 221 Å². The second kappa shape index (κ2) is 9.65. The highest BCUT2D eigenvalue weighted by Gasteiger charge is 2.43. The predicted molar refractivity (Wildman–Crippen MR) is 146 cm³/mol. The van der Waals surface area contributed by atoms with Gasteiger partial charge in [0.05, 0.1) is 24.3 Å². The van der Waals surface area contributed by atoms with Gasteiger partial charge in [-0.05, 0) is 112 Å². The number of Topliss-reactive ketones (excluding diaryl/α,β-unsaturated/α-hetero) is 1. The van der Waals surface area contributed by atoms with Gasteiger partial charge in [0.1, 0.15) is 0 Å². The van der Waals surface area contributed by atoms with Gasteiger partial charge in [-0.3, -0.25) is 4.79 Å². The largest absolute Gasteiger partial charge is 0.489 e. The van der Waals surface area contributed by atoms with Gasteiger partial charge >= 0.3 is 0 Å². The quantitative estimate of drug-likeness (QED) is 0.466. The zero-order valence-electron chi connectivity index (χ0n) is 23.0. The number of hydrogen-bond acceptors (Lipinski definition) is 5. The molecule has 1 fully saturated rings. The molecule has 1 heterocycles. The van der Waals surface area contributed by atoms with Crippen molar-refractivity contribution in [2.45, 2.75) is 78.4 Å². The summed E-state index contributed by atoms with van der Waals surface area (Å²) in [5.74, 6) is 1.92. The molecule has 2 aliphatic carbocycles. The van der Waals surface area contributed by atoms with Crippen molar-refractivity contribution in [1.29, 1.82) is 5.26 Å². The summed E-state index contributed by atoms with van der Waals surface area (Å²) >= 11 is 0. The Morgan fingerprint density at radius 3 is 2.43 bits per heavy atom. The maximum absolute atomic E-state index is 13.9. The highest BCUT2D eigenvalue weighted by atomic mass is 16.5. The van der Waals surface area contributed by atoms with Crippen molar-refractivity contribution in [3.8, 4) is 17.6 Å². The Morgan fingerprint density at radius 1 is 1.05 bits per heavy atom. The van der Waals surface area contributed by atoms with E-state index in [1.807, 2.05) is 32.0 Å². The fourth-order valence-corrected chi connectivity index (χ4v) is 6.15. The lowest BCUT2D eigenvalue weighted by molar-refractivity contribution is 0.104. The Balaban J connectivity index is 1.47. The van der Waals surface area contributed by atoms with Crippen LogP contribution in [0.4, 0.5) is 0 Å². The molecule has 1 saturated heterocycles. The maximum atomic E-state index is 13.9. The summed E-state index contributed by atoms with van der Waals surface area (Å²) in [5.41, 5.74) is 5.89. The molecule has 0 atom stereocenters. The summed E-state index contributed by atoms with van der Waals surface area (Å²) in [7, 11) is 0. The molecule has 37 heavy (non-hydrogen) atoms. The van der Waals surface area contributed by atoms with E-state index in [4.69, 9.17) is 9.47 Å². The topological polar surface area (TPSA) is 62.6 Å². The van der Waals surface area contributed by atoms with Gasteiger partial charge in [-0.1, -0.05) is 19.9 Å². The van der Waals surface area contributed by atoms with Crippen molar-refractivity contribution in [3.05, 3.63) is 63.7 Å². The molecule has 0 amide bonds. The van der Waals surface area contributed by atoms with E-state index in [0.717, 1.165) is 59.5 Å². The highest BCUT2D eigenvalue weighted by Crippen LogP contribution is 2.52. The fraction of sp³-hybridized carbons (Fsp3) is 0.500. The SMILES string of the molecule is CC(C)Oc1cc2c(cc1OCC1CCN(C(C)C)CC1)C(C)(C)C1=C(C2=O)c2ccc(C#N)cc2C1. The Hall–Kier alpha value is -3.10. The average Bonchev–Trinajstić information content (AvgIpc) is 3.26. The van der Waals surface area contributed by atoms with Crippen molar-refractivity contribution in [1.82, 2.24) is 4.90 Å². The van der Waals surface area contributed by atoms with E-state index in [1.165, 1.54) is 0 Å². The van der Waals surface area contributed by atoms with Gasteiger partial charge in [-0.2, -0.15) is 5.26 Å². The molecule has 2 aromatic carbocycles. The van der Waals surface area contributed by atoms with Gasteiger partial charge in [-0.25, -0.2) is 0 Å². The number of fused-ring (bicyclic) bond motifs is 3. The summed E-state index contributed by atoms with van der Waals surface area (Å²) in [6.07, 6.45) is 2.92. The Kier molecular flexibility index (Phi) is 6.66. The van der Waals surface area contributed by atoms with Crippen LogP contribution in [0.1, 0.15) is 87.0 Å². The molecule has 1 aliphatic heterocycles. The van der Waals surface area contributed by atoms with Crippen LogP contribution in [-0.4, -0.2) is 42.5 Å². The van der Waals surface area contributed by atoms with E-state index in [-0.39, 0.29) is 17.3 Å². The molecular weight excluding hydrogens is 460 g/mol. The van der Waals surface area contributed by atoms with E-state index < -0.39 is 0 Å². The van der Waals surface area contributed by atoms with E-state index >= 15 is 0 Å². The zero-order chi connectivity index (χ0) is 26.5. The molecule has 5 nitrogen and oxygen atoms in total. The first-order valence-corrected chi connectivity index (χ1v) is 13.6. The van der Waals surface area contributed by atoms with Crippen molar-refractivity contribution in [2.24, 2.45) is 5.92 Å².